The number of carbonyl (C=O) groups is 1. The van der Waals surface area contributed by atoms with Crippen LogP contribution in [0.4, 0.5) is 5.82 Å². The van der Waals surface area contributed by atoms with E-state index < -0.39 is 0 Å². The van der Waals surface area contributed by atoms with Crippen LogP contribution in [0, 0.1) is 6.54 Å². The number of benzene rings is 1. The normalized spacial score (nSPS) is 18.9. The Kier molecular flexibility index (Phi) is 13.0. The first kappa shape index (κ1) is 32.3. The predicted octanol–water partition coefficient (Wildman–Crippen LogP) is 1.22. The van der Waals surface area contributed by atoms with Crippen LogP contribution in [0.1, 0.15) is 48.9 Å². The average Bonchev–Trinajstić information content (AvgIpc) is 3.57. The van der Waals surface area contributed by atoms with Crippen LogP contribution in [0.5, 0.6) is 11.8 Å². The molecule has 3 aliphatic rings. The largest absolute Gasteiger partial charge is 1.00 e. The third-order valence-corrected chi connectivity index (χ3v) is 7.53. The molecule has 4 heterocycles. The van der Waals surface area contributed by atoms with Gasteiger partial charge in [0.2, 0.25) is 5.91 Å². The summed E-state index contributed by atoms with van der Waals surface area (Å²) in [6, 6.07) is 5.29. The summed E-state index contributed by atoms with van der Waals surface area (Å²) in [5.74, 6) is 0.817. The second-order valence-corrected chi connectivity index (χ2v) is 10.4. The monoisotopic (exact) mass is 580 g/mol. The molecule has 0 bridgehead atoms. The van der Waals surface area contributed by atoms with Crippen molar-refractivity contribution in [2.75, 3.05) is 39.1 Å². The summed E-state index contributed by atoms with van der Waals surface area (Å²) < 4.78 is 5.32. The van der Waals surface area contributed by atoms with Gasteiger partial charge in [0.1, 0.15) is 11.6 Å². The number of methoxy groups -OCH3 is 1. The van der Waals surface area contributed by atoms with Crippen molar-refractivity contribution in [3.63, 3.8) is 0 Å². The first-order valence-electron chi connectivity index (χ1n) is 13.2. The maximum absolute atomic E-state index is 12.2. The van der Waals surface area contributed by atoms with E-state index in [-0.39, 0.29) is 69.1 Å². The van der Waals surface area contributed by atoms with Gasteiger partial charge in [0.25, 0.3) is 0 Å². The number of ether oxygens (including phenoxy) is 1. The Morgan fingerprint density at radius 1 is 1.28 bits per heavy atom. The molecule has 0 spiro atoms. The number of rotatable bonds is 7. The molecule has 5 rings (SSSR count). The van der Waals surface area contributed by atoms with Crippen molar-refractivity contribution in [1.29, 1.82) is 0 Å². The molecule has 3 aliphatic heterocycles. The van der Waals surface area contributed by atoms with Crippen LogP contribution in [-0.4, -0.2) is 75.5 Å². The number of carbonyl (C=O) groups excluding carboxylic acids is 1. The third kappa shape index (κ3) is 8.87. The standard InChI is InChI=1S/C23H27ClN5O3.C5H11N.K/c1-3-21(31)29-9-5-4-6-16(29)11-25-22-18-13-28(14-20(18)26-23(27-22)32-2)12-15-10-17(30)7-8-19(15)24;1-6-4-2-3-5-6;/h3,7-10,16,30H,1,4-6,11-14H2,2H3,(H,25,26,27);2-5H2,1H3;/q-1;;+1. The van der Waals surface area contributed by atoms with E-state index >= 15 is 0 Å². The number of hydrogen-bond acceptors (Lipinski definition) is 8. The van der Waals surface area contributed by atoms with Gasteiger partial charge in [-0.1, -0.05) is 24.6 Å². The van der Waals surface area contributed by atoms with E-state index in [0.717, 1.165) is 36.1 Å². The van der Waals surface area contributed by atoms with Crippen molar-refractivity contribution in [3.8, 4) is 11.8 Å². The number of nitrogens with one attached hydrogen (secondary N) is 1. The number of aromatic hydroxyl groups is 1. The molecule has 1 unspecified atom stereocenters. The van der Waals surface area contributed by atoms with Gasteiger partial charge in [-0.05, 0) is 69.2 Å². The Labute approximate surface area is 279 Å². The zero-order valence-electron chi connectivity index (χ0n) is 23.3. The summed E-state index contributed by atoms with van der Waals surface area (Å²) in [6.07, 6.45) is 7.02. The fourth-order valence-electron chi connectivity index (χ4n) is 5.11. The van der Waals surface area contributed by atoms with Gasteiger partial charge < -0.3 is 25.0 Å². The van der Waals surface area contributed by atoms with Crippen LogP contribution in [0.25, 0.3) is 0 Å². The Bertz CT molecular complexity index is 1130. The van der Waals surface area contributed by atoms with Crippen molar-refractivity contribution in [1.82, 2.24) is 24.7 Å². The number of nitrogens with zero attached hydrogens (tertiary/aromatic N) is 5. The van der Waals surface area contributed by atoms with E-state index in [0.29, 0.717) is 43.0 Å². The number of likely N-dealkylation sites (tertiary alicyclic amines) is 2. The molecule has 1 amide bonds. The van der Waals surface area contributed by atoms with Crippen molar-refractivity contribution in [3.05, 3.63) is 59.2 Å². The minimum absolute atomic E-state index is 0. The molecule has 0 aliphatic carbocycles. The molecule has 1 aromatic heterocycles. The van der Waals surface area contributed by atoms with Crippen LogP contribution < -0.4 is 61.4 Å². The first-order valence-corrected chi connectivity index (χ1v) is 13.6. The first-order chi connectivity index (χ1) is 18.4. The summed E-state index contributed by atoms with van der Waals surface area (Å²) >= 11 is 6.31. The minimum atomic E-state index is -0.0869. The molecule has 1 atom stereocenters. The molecule has 1 aromatic carbocycles. The van der Waals surface area contributed by atoms with E-state index in [1.54, 1.807) is 30.2 Å². The number of phenolic OH excluding ortho intramolecular Hbond substituents is 1. The Hall–Kier alpha value is -1.24. The maximum Gasteiger partial charge on any atom is 1.00 e. The number of piperidine rings is 1. The topological polar surface area (TPSA) is 94.1 Å². The van der Waals surface area contributed by atoms with Crippen LogP contribution >= 0.6 is 11.6 Å². The van der Waals surface area contributed by atoms with Crippen molar-refractivity contribution >= 4 is 23.3 Å². The van der Waals surface area contributed by atoms with Crippen molar-refractivity contribution in [2.24, 2.45) is 0 Å². The van der Waals surface area contributed by atoms with E-state index in [2.05, 4.69) is 38.7 Å². The summed E-state index contributed by atoms with van der Waals surface area (Å²) in [6.45, 7) is 10.6. The van der Waals surface area contributed by atoms with Crippen LogP contribution in [-0.2, 0) is 24.4 Å². The molecule has 11 heteroatoms. The van der Waals surface area contributed by atoms with Gasteiger partial charge in [-0.15, -0.1) is 0 Å². The van der Waals surface area contributed by atoms with Gasteiger partial charge in [0, 0.05) is 42.8 Å². The van der Waals surface area contributed by atoms with Crippen LogP contribution in [0.2, 0.25) is 5.02 Å². The number of anilines is 1. The number of hydrogen-bond donors (Lipinski definition) is 2. The van der Waals surface area contributed by atoms with Gasteiger partial charge in [-0.2, -0.15) is 16.4 Å². The molecular formula is C28H38ClKN6O3. The molecule has 2 saturated heterocycles. The fraction of sp³-hybridized carbons (Fsp3) is 0.500. The van der Waals surface area contributed by atoms with Crippen LogP contribution in [0.3, 0.4) is 0 Å². The average molecular weight is 581 g/mol. The fourth-order valence-corrected chi connectivity index (χ4v) is 5.28. The second kappa shape index (κ2) is 15.7. The molecule has 2 aromatic rings. The summed E-state index contributed by atoms with van der Waals surface area (Å²) in [5, 5.41) is 13.9. The van der Waals surface area contributed by atoms with E-state index in [4.69, 9.17) is 16.3 Å². The van der Waals surface area contributed by atoms with E-state index in [1.165, 1.54) is 32.0 Å². The van der Waals surface area contributed by atoms with Gasteiger partial charge in [0.15, 0.2) is 0 Å². The summed E-state index contributed by atoms with van der Waals surface area (Å²) in [4.78, 5) is 27.6. The quantitative estimate of drug-likeness (QED) is 0.287. The predicted molar refractivity (Wildman–Crippen MR) is 149 cm³/mol. The number of fused-ring (bicyclic) bond motifs is 1. The molecule has 206 valence electrons. The van der Waals surface area contributed by atoms with Crippen molar-refractivity contribution < 1.29 is 66.0 Å². The minimum Gasteiger partial charge on any atom is -0.508 e. The maximum atomic E-state index is 12.2. The zero-order chi connectivity index (χ0) is 27.1. The van der Waals surface area contributed by atoms with Gasteiger partial charge in [-0.25, -0.2) is 6.54 Å². The van der Waals surface area contributed by atoms with Gasteiger partial charge in [-0.3, -0.25) is 9.69 Å². The number of amides is 1. The smallest absolute Gasteiger partial charge is 0.508 e. The Balaban J connectivity index is 0.000000531. The molecular weight excluding hydrogens is 543 g/mol. The Morgan fingerprint density at radius 3 is 2.72 bits per heavy atom. The van der Waals surface area contributed by atoms with E-state index in [1.807, 2.05) is 6.54 Å². The number of phenols is 1. The van der Waals surface area contributed by atoms with E-state index in [9.17, 15) is 9.90 Å². The molecule has 0 saturated carbocycles. The molecule has 2 fully saturated rings. The zero-order valence-corrected chi connectivity index (χ0v) is 27.2. The van der Waals surface area contributed by atoms with Gasteiger partial charge in [0.05, 0.1) is 12.8 Å². The number of halogens is 1. The molecule has 2 N–H and O–H groups in total. The third-order valence-electron chi connectivity index (χ3n) is 7.16. The molecule has 39 heavy (non-hydrogen) atoms. The summed E-state index contributed by atoms with van der Waals surface area (Å²) in [7, 11) is 3.72. The Morgan fingerprint density at radius 2 is 2.05 bits per heavy atom. The SMILES string of the molecule is C=CC(=O)N1[CH-]CCCC1CNc1nc(OC)nc2c1CN(Cc1cc(O)ccc1Cl)C2.CN1CCCC1.[K+]. The second-order valence-electron chi connectivity index (χ2n) is 10.0. The van der Waals surface area contributed by atoms with Crippen molar-refractivity contribution in [2.45, 2.75) is 57.8 Å². The van der Waals surface area contributed by atoms with Gasteiger partial charge >= 0.3 is 57.4 Å². The molecule has 9 nitrogen and oxygen atoms in total. The van der Waals surface area contributed by atoms with Crippen LogP contribution in [0.15, 0.2) is 30.9 Å². The molecule has 0 radical (unpaired) electrons. The number of aromatic nitrogens is 2. The summed E-state index contributed by atoms with van der Waals surface area (Å²) in [5.41, 5.74) is 2.75.